The molecular formula is C17H16N2O2. The molecule has 3 heterocycles. The van der Waals surface area contributed by atoms with Gasteiger partial charge in [-0.25, -0.2) is 0 Å². The summed E-state index contributed by atoms with van der Waals surface area (Å²) in [5.74, 6) is 0.403. The summed E-state index contributed by atoms with van der Waals surface area (Å²) in [6.45, 7) is 1.45. The first-order valence-corrected chi connectivity index (χ1v) is 7.24. The second kappa shape index (κ2) is 4.81. The van der Waals surface area contributed by atoms with E-state index in [-0.39, 0.29) is 5.91 Å². The third-order valence-corrected chi connectivity index (χ3v) is 4.18. The second-order valence-electron chi connectivity index (χ2n) is 5.40. The Morgan fingerprint density at radius 3 is 2.81 bits per heavy atom. The van der Waals surface area contributed by atoms with Crippen molar-refractivity contribution in [2.24, 2.45) is 0 Å². The van der Waals surface area contributed by atoms with Crippen molar-refractivity contribution in [1.29, 1.82) is 0 Å². The van der Waals surface area contributed by atoms with Gasteiger partial charge in [0.25, 0.3) is 5.91 Å². The van der Waals surface area contributed by atoms with Crippen LogP contribution in [0.1, 0.15) is 21.8 Å². The number of aromatic amines is 1. The summed E-state index contributed by atoms with van der Waals surface area (Å²) in [7, 11) is 0. The molecule has 1 aliphatic rings. The zero-order valence-corrected chi connectivity index (χ0v) is 11.6. The van der Waals surface area contributed by atoms with Crippen LogP contribution in [-0.4, -0.2) is 28.9 Å². The maximum Gasteiger partial charge on any atom is 0.289 e. The van der Waals surface area contributed by atoms with Gasteiger partial charge >= 0.3 is 0 Å². The lowest BCUT2D eigenvalue weighted by Crippen LogP contribution is -2.33. The number of H-pyrrole nitrogens is 1. The molecule has 0 unspecified atom stereocenters. The maximum absolute atomic E-state index is 12.4. The van der Waals surface area contributed by atoms with Crippen LogP contribution in [0.3, 0.4) is 0 Å². The van der Waals surface area contributed by atoms with Crippen molar-refractivity contribution in [3.05, 3.63) is 59.7 Å². The number of nitrogens with one attached hydrogen (secondary N) is 1. The monoisotopic (exact) mass is 280 g/mol. The van der Waals surface area contributed by atoms with Crippen molar-refractivity contribution in [3.8, 4) is 0 Å². The quantitative estimate of drug-likeness (QED) is 0.745. The highest BCUT2D eigenvalue weighted by Gasteiger charge is 2.23. The Labute approximate surface area is 122 Å². The molecule has 1 aliphatic heterocycles. The fraction of sp³-hybridized carbons (Fsp3) is 0.235. The van der Waals surface area contributed by atoms with Crippen molar-refractivity contribution in [2.45, 2.75) is 12.8 Å². The molecule has 1 amide bonds. The molecule has 4 rings (SSSR count). The zero-order valence-electron chi connectivity index (χ0n) is 11.6. The van der Waals surface area contributed by atoms with Crippen LogP contribution < -0.4 is 0 Å². The van der Waals surface area contributed by atoms with E-state index in [1.54, 1.807) is 18.4 Å². The molecule has 106 valence electrons. The second-order valence-corrected chi connectivity index (χ2v) is 5.40. The summed E-state index contributed by atoms with van der Waals surface area (Å²) >= 11 is 0. The molecule has 0 bridgehead atoms. The van der Waals surface area contributed by atoms with E-state index in [2.05, 4.69) is 23.2 Å². The van der Waals surface area contributed by atoms with Gasteiger partial charge in [-0.05, 0) is 30.2 Å². The first-order valence-electron chi connectivity index (χ1n) is 7.24. The lowest BCUT2D eigenvalue weighted by molar-refractivity contribution is 0.0731. The van der Waals surface area contributed by atoms with Crippen LogP contribution in [0.5, 0.6) is 0 Å². The number of amides is 1. The Bertz CT molecular complexity index is 786. The molecule has 0 spiro atoms. The Morgan fingerprint density at radius 1 is 1.10 bits per heavy atom. The van der Waals surface area contributed by atoms with E-state index in [9.17, 15) is 4.79 Å². The van der Waals surface area contributed by atoms with Gasteiger partial charge in [0.2, 0.25) is 0 Å². The van der Waals surface area contributed by atoms with Crippen LogP contribution in [0.4, 0.5) is 0 Å². The molecule has 2 aromatic heterocycles. The number of benzene rings is 1. The molecule has 0 radical (unpaired) electrons. The minimum Gasteiger partial charge on any atom is -0.459 e. The Kier molecular flexibility index (Phi) is 2.81. The Hall–Kier alpha value is -2.49. The predicted octanol–water partition coefficient (Wildman–Crippen LogP) is 3.00. The minimum atomic E-state index is -0.0190. The average Bonchev–Trinajstić information content (AvgIpc) is 3.10. The van der Waals surface area contributed by atoms with Gasteiger partial charge in [0.05, 0.1) is 6.26 Å². The van der Waals surface area contributed by atoms with Crippen LogP contribution in [0, 0.1) is 0 Å². The van der Waals surface area contributed by atoms with E-state index in [1.165, 1.54) is 22.2 Å². The van der Waals surface area contributed by atoms with Crippen LogP contribution in [0.2, 0.25) is 0 Å². The van der Waals surface area contributed by atoms with Gasteiger partial charge in [-0.15, -0.1) is 0 Å². The smallest absolute Gasteiger partial charge is 0.289 e. The molecule has 4 nitrogen and oxygen atoms in total. The van der Waals surface area contributed by atoms with Crippen molar-refractivity contribution >= 4 is 16.8 Å². The Morgan fingerprint density at radius 2 is 1.95 bits per heavy atom. The van der Waals surface area contributed by atoms with E-state index in [0.717, 1.165) is 25.9 Å². The molecule has 0 fully saturated rings. The largest absolute Gasteiger partial charge is 0.459 e. The van der Waals surface area contributed by atoms with Crippen molar-refractivity contribution in [3.63, 3.8) is 0 Å². The minimum absolute atomic E-state index is 0.0190. The van der Waals surface area contributed by atoms with Gasteiger partial charge in [0, 0.05) is 36.1 Å². The normalized spacial score (nSPS) is 15.0. The van der Waals surface area contributed by atoms with Gasteiger partial charge in [-0.1, -0.05) is 18.2 Å². The third kappa shape index (κ3) is 2.03. The molecule has 4 heteroatoms. The Balaban J connectivity index is 1.62. The number of hydrogen-bond acceptors (Lipinski definition) is 2. The SMILES string of the molecule is O=C(c1ccco1)N1CCc2[nH]c3ccccc3c2CC1. The van der Waals surface area contributed by atoms with E-state index in [0.29, 0.717) is 5.76 Å². The molecule has 0 atom stereocenters. The maximum atomic E-state index is 12.4. The standard InChI is InChI=1S/C17H16N2O2/c20-17(16-6-3-11-21-16)19-9-7-13-12-4-1-2-5-14(12)18-15(13)8-10-19/h1-6,11,18H,7-10H2. The van der Waals surface area contributed by atoms with Gasteiger partial charge in [-0.3, -0.25) is 4.79 Å². The highest BCUT2D eigenvalue weighted by molar-refractivity contribution is 5.91. The van der Waals surface area contributed by atoms with Gasteiger partial charge in [0.1, 0.15) is 0 Å². The van der Waals surface area contributed by atoms with E-state index < -0.39 is 0 Å². The number of fused-ring (bicyclic) bond motifs is 3. The van der Waals surface area contributed by atoms with Crippen LogP contribution in [-0.2, 0) is 12.8 Å². The van der Waals surface area contributed by atoms with Gasteiger partial charge in [0.15, 0.2) is 5.76 Å². The highest BCUT2D eigenvalue weighted by Crippen LogP contribution is 2.26. The summed E-state index contributed by atoms with van der Waals surface area (Å²) in [5, 5.41) is 1.28. The van der Waals surface area contributed by atoms with Crippen LogP contribution in [0.15, 0.2) is 47.1 Å². The average molecular weight is 280 g/mol. The number of aromatic nitrogens is 1. The summed E-state index contributed by atoms with van der Waals surface area (Å²) in [4.78, 5) is 17.7. The predicted molar refractivity (Wildman–Crippen MR) is 80.3 cm³/mol. The summed E-state index contributed by atoms with van der Waals surface area (Å²) < 4.78 is 5.22. The lowest BCUT2D eigenvalue weighted by Gasteiger charge is -2.18. The molecule has 1 aromatic carbocycles. The lowest BCUT2D eigenvalue weighted by atomic mass is 10.1. The number of para-hydroxylation sites is 1. The number of rotatable bonds is 1. The van der Waals surface area contributed by atoms with Crippen molar-refractivity contribution in [2.75, 3.05) is 13.1 Å². The van der Waals surface area contributed by atoms with E-state index in [1.807, 2.05) is 11.0 Å². The number of nitrogens with zero attached hydrogens (tertiary/aromatic N) is 1. The molecule has 1 N–H and O–H groups in total. The molecule has 0 saturated carbocycles. The first kappa shape index (κ1) is 12.3. The van der Waals surface area contributed by atoms with Crippen LogP contribution >= 0.6 is 0 Å². The van der Waals surface area contributed by atoms with Crippen LogP contribution in [0.25, 0.3) is 10.9 Å². The number of carbonyl (C=O) groups excluding carboxylic acids is 1. The summed E-state index contributed by atoms with van der Waals surface area (Å²) in [6.07, 6.45) is 3.28. The molecule has 3 aromatic rings. The molecule has 21 heavy (non-hydrogen) atoms. The topological polar surface area (TPSA) is 49.2 Å². The van der Waals surface area contributed by atoms with Crippen molar-refractivity contribution < 1.29 is 9.21 Å². The number of hydrogen-bond donors (Lipinski definition) is 1. The summed E-state index contributed by atoms with van der Waals surface area (Å²) in [6, 6.07) is 11.8. The molecule has 0 aliphatic carbocycles. The summed E-state index contributed by atoms with van der Waals surface area (Å²) in [5.41, 5.74) is 3.79. The van der Waals surface area contributed by atoms with Gasteiger partial charge < -0.3 is 14.3 Å². The number of furan rings is 1. The fourth-order valence-corrected chi connectivity index (χ4v) is 3.12. The number of carbonyl (C=O) groups is 1. The highest BCUT2D eigenvalue weighted by atomic mass is 16.3. The zero-order chi connectivity index (χ0) is 14.2. The van der Waals surface area contributed by atoms with Gasteiger partial charge in [-0.2, -0.15) is 0 Å². The third-order valence-electron chi connectivity index (χ3n) is 4.18. The van der Waals surface area contributed by atoms with E-state index in [4.69, 9.17) is 4.42 Å². The first-order chi connectivity index (χ1) is 10.3. The molecule has 0 saturated heterocycles. The van der Waals surface area contributed by atoms with E-state index >= 15 is 0 Å². The van der Waals surface area contributed by atoms with Crippen molar-refractivity contribution in [1.82, 2.24) is 9.88 Å². The fourth-order valence-electron chi connectivity index (χ4n) is 3.12. The molecular weight excluding hydrogens is 264 g/mol.